The van der Waals surface area contributed by atoms with Gasteiger partial charge in [-0.2, -0.15) is 15.4 Å². The van der Waals surface area contributed by atoms with Crippen molar-refractivity contribution in [1.82, 2.24) is 9.78 Å². The first-order valence-corrected chi connectivity index (χ1v) is 4.54. The molecule has 0 aromatic carbocycles. The predicted octanol–water partition coefficient (Wildman–Crippen LogP) is 1.64. The molecule has 0 spiro atoms. The Balaban J connectivity index is 2.95. The molecule has 0 aliphatic carbocycles. The molecule has 5 nitrogen and oxygen atoms in total. The lowest BCUT2D eigenvalue weighted by atomic mass is 10.4. The zero-order valence-electron chi connectivity index (χ0n) is 8.55. The van der Waals surface area contributed by atoms with Crippen LogP contribution in [0.25, 0.3) is 0 Å². The summed E-state index contributed by atoms with van der Waals surface area (Å²) < 4.78 is 6.56. The summed E-state index contributed by atoms with van der Waals surface area (Å²) in [5.41, 5.74) is 0.424. The summed E-state index contributed by atoms with van der Waals surface area (Å²) in [6.45, 7) is 6.52. The maximum Gasteiger partial charge on any atom is 0.176 e. The highest BCUT2D eigenvalue weighted by Crippen LogP contribution is 2.17. The van der Waals surface area contributed by atoms with Gasteiger partial charge in [0.15, 0.2) is 12.2 Å². The molecule has 5 heteroatoms. The lowest BCUT2D eigenvalue weighted by Crippen LogP contribution is -1.97. The van der Waals surface area contributed by atoms with E-state index in [1.54, 1.807) is 10.8 Å². The fourth-order valence-corrected chi connectivity index (χ4v) is 1.01. The van der Waals surface area contributed by atoms with Gasteiger partial charge in [0.05, 0.1) is 19.3 Å². The zero-order valence-corrected chi connectivity index (χ0v) is 8.55. The number of allylic oxidation sites excluding steroid dienone is 1. The van der Waals surface area contributed by atoms with Crippen molar-refractivity contribution >= 4 is 12.2 Å². The zero-order chi connectivity index (χ0) is 11.1. The van der Waals surface area contributed by atoms with E-state index in [0.717, 1.165) is 0 Å². The van der Waals surface area contributed by atoms with Gasteiger partial charge in [-0.1, -0.05) is 6.08 Å². The molecule has 0 unspecified atom stereocenters. The number of aromatic nitrogens is 2. The standard InChI is InChI=1S/C10H12N4O/c1-3-5-14-10(12-8-15-4-2)9(6-11)7-13-14/h3,7-8H,1,4-5H2,2H3/b12-8+. The van der Waals surface area contributed by atoms with Crippen molar-refractivity contribution in [3.63, 3.8) is 0 Å². The normalized spacial score (nSPS) is 10.1. The molecule has 0 radical (unpaired) electrons. The van der Waals surface area contributed by atoms with E-state index in [4.69, 9.17) is 10.00 Å². The fraction of sp³-hybridized carbons (Fsp3) is 0.300. The molecule has 0 N–H and O–H groups in total. The Morgan fingerprint density at radius 2 is 2.60 bits per heavy atom. The van der Waals surface area contributed by atoms with Crippen molar-refractivity contribution in [3.05, 3.63) is 24.4 Å². The highest BCUT2D eigenvalue weighted by molar-refractivity contribution is 5.58. The molecule has 0 aliphatic heterocycles. The minimum atomic E-state index is 0.424. The lowest BCUT2D eigenvalue weighted by Gasteiger charge is -1.99. The monoisotopic (exact) mass is 204 g/mol. The first-order chi connectivity index (χ1) is 7.33. The van der Waals surface area contributed by atoms with Gasteiger partial charge >= 0.3 is 0 Å². The third kappa shape index (κ3) is 2.68. The summed E-state index contributed by atoms with van der Waals surface area (Å²) in [6.07, 6.45) is 4.48. The van der Waals surface area contributed by atoms with Crippen LogP contribution >= 0.6 is 0 Å². The van der Waals surface area contributed by atoms with Crippen LogP contribution in [0.15, 0.2) is 23.8 Å². The van der Waals surface area contributed by atoms with Gasteiger partial charge in [0.1, 0.15) is 11.6 Å². The third-order valence-corrected chi connectivity index (χ3v) is 1.65. The Labute approximate surface area is 88.3 Å². The molecule has 0 amide bonds. The minimum Gasteiger partial charge on any atom is -0.483 e. The second-order valence-electron chi connectivity index (χ2n) is 2.65. The topological polar surface area (TPSA) is 63.2 Å². The van der Waals surface area contributed by atoms with E-state index in [0.29, 0.717) is 24.5 Å². The smallest absolute Gasteiger partial charge is 0.176 e. The van der Waals surface area contributed by atoms with E-state index in [9.17, 15) is 0 Å². The van der Waals surface area contributed by atoms with Crippen LogP contribution in [-0.2, 0) is 11.3 Å². The van der Waals surface area contributed by atoms with Crippen LogP contribution in [0.1, 0.15) is 12.5 Å². The highest BCUT2D eigenvalue weighted by atomic mass is 16.5. The van der Waals surface area contributed by atoms with Gasteiger partial charge in [-0.25, -0.2) is 4.68 Å². The van der Waals surface area contributed by atoms with E-state index in [1.807, 2.05) is 13.0 Å². The number of rotatable bonds is 5. The molecule has 15 heavy (non-hydrogen) atoms. The first kappa shape index (κ1) is 11.0. The van der Waals surface area contributed by atoms with Crippen LogP contribution in [0, 0.1) is 11.3 Å². The van der Waals surface area contributed by atoms with E-state index >= 15 is 0 Å². The molecule has 0 aliphatic rings. The Morgan fingerprint density at radius 1 is 1.80 bits per heavy atom. The van der Waals surface area contributed by atoms with Crippen molar-refractivity contribution < 1.29 is 4.74 Å². The summed E-state index contributed by atoms with van der Waals surface area (Å²) in [5, 5.41) is 12.8. The van der Waals surface area contributed by atoms with Gasteiger partial charge in [0.2, 0.25) is 0 Å². The van der Waals surface area contributed by atoms with Gasteiger partial charge in [0, 0.05) is 0 Å². The molecule has 0 atom stereocenters. The number of aliphatic imine (C=N–C) groups is 1. The number of hydrogen-bond acceptors (Lipinski definition) is 4. The van der Waals surface area contributed by atoms with Crippen LogP contribution in [0.2, 0.25) is 0 Å². The quantitative estimate of drug-likeness (QED) is 0.416. The fourth-order valence-electron chi connectivity index (χ4n) is 1.01. The second-order valence-corrected chi connectivity index (χ2v) is 2.65. The molecule has 0 bridgehead atoms. The molecule has 0 fully saturated rings. The SMILES string of the molecule is C=CCn1ncc(C#N)c1/N=C/OCC. The molecule has 1 aromatic rings. The van der Waals surface area contributed by atoms with Crippen LogP contribution < -0.4 is 0 Å². The Kier molecular flexibility index (Phi) is 4.10. The maximum absolute atomic E-state index is 8.81. The number of nitriles is 1. The van der Waals surface area contributed by atoms with E-state index in [1.165, 1.54) is 12.6 Å². The largest absolute Gasteiger partial charge is 0.483 e. The Bertz CT molecular complexity index is 400. The minimum absolute atomic E-state index is 0.424. The highest BCUT2D eigenvalue weighted by Gasteiger charge is 2.07. The summed E-state index contributed by atoms with van der Waals surface area (Å²) in [5.74, 6) is 0.492. The Hall–Kier alpha value is -2.09. The van der Waals surface area contributed by atoms with Gasteiger partial charge < -0.3 is 4.74 Å². The van der Waals surface area contributed by atoms with Crippen molar-refractivity contribution in [2.75, 3.05) is 6.61 Å². The van der Waals surface area contributed by atoms with Gasteiger partial charge in [-0.05, 0) is 6.92 Å². The number of hydrogen-bond donors (Lipinski definition) is 0. The van der Waals surface area contributed by atoms with Crippen molar-refractivity contribution in [1.29, 1.82) is 5.26 Å². The van der Waals surface area contributed by atoms with Gasteiger partial charge in [0.25, 0.3) is 0 Å². The van der Waals surface area contributed by atoms with Crippen LogP contribution in [0.5, 0.6) is 0 Å². The number of ether oxygens (including phenoxy) is 1. The second kappa shape index (κ2) is 5.60. The van der Waals surface area contributed by atoms with Crippen molar-refractivity contribution in [2.45, 2.75) is 13.5 Å². The van der Waals surface area contributed by atoms with E-state index in [2.05, 4.69) is 16.7 Å². The summed E-state index contributed by atoms with van der Waals surface area (Å²) in [4.78, 5) is 4.03. The molecule has 1 rings (SSSR count). The predicted molar refractivity (Wildman–Crippen MR) is 56.9 cm³/mol. The summed E-state index contributed by atoms with van der Waals surface area (Å²) >= 11 is 0. The average molecular weight is 204 g/mol. The lowest BCUT2D eigenvalue weighted by molar-refractivity contribution is 0.343. The van der Waals surface area contributed by atoms with Crippen molar-refractivity contribution in [2.24, 2.45) is 4.99 Å². The van der Waals surface area contributed by atoms with Gasteiger partial charge in [-0.15, -0.1) is 6.58 Å². The van der Waals surface area contributed by atoms with E-state index < -0.39 is 0 Å². The van der Waals surface area contributed by atoms with Crippen LogP contribution in [-0.4, -0.2) is 22.8 Å². The molecule has 78 valence electrons. The van der Waals surface area contributed by atoms with Crippen LogP contribution in [0.3, 0.4) is 0 Å². The maximum atomic E-state index is 8.81. The molecule has 1 heterocycles. The molecular weight excluding hydrogens is 192 g/mol. The summed E-state index contributed by atoms with van der Waals surface area (Å²) in [7, 11) is 0. The molecule has 0 saturated carbocycles. The van der Waals surface area contributed by atoms with Crippen LogP contribution in [0.4, 0.5) is 5.82 Å². The molecule has 1 aromatic heterocycles. The summed E-state index contributed by atoms with van der Waals surface area (Å²) in [6, 6.07) is 2.01. The van der Waals surface area contributed by atoms with Crippen molar-refractivity contribution in [3.8, 4) is 6.07 Å². The molecular formula is C10H12N4O. The first-order valence-electron chi connectivity index (χ1n) is 4.54. The molecule has 0 saturated heterocycles. The average Bonchev–Trinajstić information content (AvgIpc) is 2.62. The van der Waals surface area contributed by atoms with E-state index in [-0.39, 0.29) is 0 Å². The number of nitrogens with zero attached hydrogens (tertiary/aromatic N) is 4. The van der Waals surface area contributed by atoms with Gasteiger partial charge in [-0.3, -0.25) is 0 Å². The Morgan fingerprint density at radius 3 is 3.20 bits per heavy atom. The third-order valence-electron chi connectivity index (χ3n) is 1.65.